The van der Waals surface area contributed by atoms with E-state index in [0.29, 0.717) is 11.7 Å². The van der Waals surface area contributed by atoms with E-state index in [1.807, 2.05) is 6.92 Å². The van der Waals surface area contributed by atoms with Crippen molar-refractivity contribution in [2.24, 2.45) is 0 Å². The van der Waals surface area contributed by atoms with E-state index in [9.17, 15) is 4.79 Å². The molecule has 1 N–H and O–H groups in total. The van der Waals surface area contributed by atoms with Crippen LogP contribution < -0.4 is 4.90 Å². The zero-order chi connectivity index (χ0) is 10.8. The van der Waals surface area contributed by atoms with E-state index in [-0.39, 0.29) is 0 Å². The second-order valence-electron chi connectivity index (χ2n) is 3.33. The Morgan fingerprint density at radius 1 is 1.71 bits per heavy atom. The summed E-state index contributed by atoms with van der Waals surface area (Å²) >= 11 is 1.20. The first kappa shape index (κ1) is 10.9. The molecule has 1 aromatic heterocycles. The van der Waals surface area contributed by atoms with Crippen molar-refractivity contribution in [2.75, 3.05) is 11.4 Å². The highest BCUT2D eigenvalue weighted by Gasteiger charge is 2.35. The SMILES string of the molecule is CCN(c1ncns1)C(C)(C)C(=O)O. The Morgan fingerprint density at radius 2 is 2.36 bits per heavy atom. The van der Waals surface area contributed by atoms with Crippen LogP contribution in [0.4, 0.5) is 5.13 Å². The second-order valence-corrected chi connectivity index (χ2v) is 4.09. The van der Waals surface area contributed by atoms with Gasteiger partial charge in [0.25, 0.3) is 0 Å². The predicted octanol–water partition coefficient (Wildman–Crippen LogP) is 1.23. The molecule has 1 rings (SSSR count). The summed E-state index contributed by atoms with van der Waals surface area (Å²) in [5.41, 5.74) is -0.950. The number of nitrogens with zero attached hydrogens (tertiary/aromatic N) is 3. The third-order valence-corrected chi connectivity index (χ3v) is 2.78. The quantitative estimate of drug-likeness (QED) is 0.818. The minimum absolute atomic E-state index is 0.592. The molecule has 78 valence electrons. The molecule has 14 heavy (non-hydrogen) atoms. The van der Waals surface area contributed by atoms with Crippen LogP contribution in [0.1, 0.15) is 20.8 Å². The molecule has 6 heteroatoms. The molecule has 1 aromatic rings. The number of rotatable bonds is 4. The van der Waals surface area contributed by atoms with E-state index in [2.05, 4.69) is 9.36 Å². The summed E-state index contributed by atoms with van der Waals surface area (Å²) in [6.07, 6.45) is 1.43. The number of carbonyl (C=O) groups is 1. The van der Waals surface area contributed by atoms with Crippen molar-refractivity contribution in [3.8, 4) is 0 Å². The van der Waals surface area contributed by atoms with Gasteiger partial charge in [0.15, 0.2) is 0 Å². The molecule has 0 bridgehead atoms. The fraction of sp³-hybridized carbons (Fsp3) is 0.625. The Bertz CT molecular complexity index is 310. The molecule has 1 heterocycles. The highest BCUT2D eigenvalue weighted by molar-refractivity contribution is 7.09. The van der Waals surface area contributed by atoms with Gasteiger partial charge in [-0.25, -0.2) is 9.78 Å². The Labute approximate surface area is 86.6 Å². The molecular formula is C8H13N3O2S. The van der Waals surface area contributed by atoms with Crippen LogP contribution in [0.5, 0.6) is 0 Å². The first-order valence-electron chi connectivity index (χ1n) is 4.27. The van der Waals surface area contributed by atoms with Crippen LogP contribution in [0.2, 0.25) is 0 Å². The number of anilines is 1. The molecule has 0 aliphatic heterocycles. The minimum atomic E-state index is -0.950. The summed E-state index contributed by atoms with van der Waals surface area (Å²) in [6, 6.07) is 0. The van der Waals surface area contributed by atoms with Gasteiger partial charge >= 0.3 is 5.97 Å². The van der Waals surface area contributed by atoms with E-state index >= 15 is 0 Å². The number of carboxylic acid groups (broad SMARTS) is 1. The summed E-state index contributed by atoms with van der Waals surface area (Å²) in [7, 11) is 0. The Balaban J connectivity index is 2.98. The third kappa shape index (κ3) is 1.84. The number of carboxylic acids is 1. The smallest absolute Gasteiger partial charge is 0.329 e. The van der Waals surface area contributed by atoms with Gasteiger partial charge in [-0.2, -0.15) is 4.37 Å². The van der Waals surface area contributed by atoms with Crippen LogP contribution in [0.15, 0.2) is 6.33 Å². The Morgan fingerprint density at radius 3 is 2.71 bits per heavy atom. The van der Waals surface area contributed by atoms with Crippen LogP contribution in [-0.4, -0.2) is 32.5 Å². The standard InChI is InChI=1S/C8H13N3O2S/c1-4-11(7-9-5-10-14-7)8(2,3)6(12)13/h5H,4H2,1-3H3,(H,12,13). The predicted molar refractivity (Wildman–Crippen MR) is 54.6 cm³/mol. The maximum Gasteiger partial charge on any atom is 0.329 e. The number of hydrogen-bond acceptors (Lipinski definition) is 5. The maximum atomic E-state index is 11.0. The van der Waals surface area contributed by atoms with Crippen LogP contribution in [0.25, 0.3) is 0 Å². The average Bonchev–Trinajstić information content (AvgIpc) is 2.57. The van der Waals surface area contributed by atoms with Crippen LogP contribution >= 0.6 is 11.5 Å². The van der Waals surface area contributed by atoms with Gasteiger partial charge in [-0.15, -0.1) is 0 Å². The van der Waals surface area contributed by atoms with Crippen LogP contribution in [0.3, 0.4) is 0 Å². The summed E-state index contributed by atoms with van der Waals surface area (Å²) in [6.45, 7) is 5.79. The molecule has 0 saturated heterocycles. The molecule has 5 nitrogen and oxygen atoms in total. The molecule has 0 radical (unpaired) electrons. The van der Waals surface area contributed by atoms with E-state index in [0.717, 1.165) is 0 Å². The van der Waals surface area contributed by atoms with Crippen molar-refractivity contribution < 1.29 is 9.90 Å². The van der Waals surface area contributed by atoms with E-state index in [1.54, 1.807) is 18.7 Å². The molecule has 0 aromatic carbocycles. The zero-order valence-electron chi connectivity index (χ0n) is 8.39. The van der Waals surface area contributed by atoms with E-state index in [4.69, 9.17) is 5.11 Å². The fourth-order valence-electron chi connectivity index (χ4n) is 1.17. The highest BCUT2D eigenvalue weighted by Crippen LogP contribution is 2.24. The van der Waals surface area contributed by atoms with Crippen molar-refractivity contribution in [3.05, 3.63) is 6.33 Å². The first-order valence-corrected chi connectivity index (χ1v) is 5.05. The topological polar surface area (TPSA) is 66.3 Å². The van der Waals surface area contributed by atoms with Crippen molar-refractivity contribution >= 4 is 22.6 Å². The van der Waals surface area contributed by atoms with Gasteiger partial charge in [-0.1, -0.05) is 0 Å². The van der Waals surface area contributed by atoms with Crippen LogP contribution in [-0.2, 0) is 4.79 Å². The minimum Gasteiger partial charge on any atom is -0.480 e. The third-order valence-electron chi connectivity index (χ3n) is 2.09. The summed E-state index contributed by atoms with van der Waals surface area (Å²) in [5, 5.41) is 9.70. The highest BCUT2D eigenvalue weighted by atomic mass is 32.1. The van der Waals surface area contributed by atoms with Gasteiger partial charge in [0.2, 0.25) is 5.13 Å². The number of aliphatic carboxylic acids is 1. The lowest BCUT2D eigenvalue weighted by atomic mass is 10.0. The summed E-state index contributed by atoms with van der Waals surface area (Å²) in [5.74, 6) is -0.866. The molecule has 0 saturated carbocycles. The molecule has 0 aliphatic rings. The normalized spacial score (nSPS) is 11.4. The largest absolute Gasteiger partial charge is 0.480 e. The molecule has 0 atom stereocenters. The first-order chi connectivity index (χ1) is 6.50. The molecule has 0 spiro atoms. The number of aromatic nitrogens is 2. The lowest BCUT2D eigenvalue weighted by Gasteiger charge is -2.33. The summed E-state index contributed by atoms with van der Waals surface area (Å²) < 4.78 is 3.86. The van der Waals surface area contributed by atoms with Gasteiger partial charge in [0.05, 0.1) is 0 Å². The van der Waals surface area contributed by atoms with Crippen molar-refractivity contribution in [2.45, 2.75) is 26.3 Å². The Hall–Kier alpha value is -1.17. The van der Waals surface area contributed by atoms with Crippen molar-refractivity contribution in [1.29, 1.82) is 0 Å². The Kier molecular flexibility index (Phi) is 3.05. The van der Waals surface area contributed by atoms with Gasteiger partial charge in [0, 0.05) is 18.1 Å². The van der Waals surface area contributed by atoms with Crippen molar-refractivity contribution in [3.63, 3.8) is 0 Å². The lowest BCUT2D eigenvalue weighted by molar-refractivity contribution is -0.142. The molecule has 0 aliphatic carbocycles. The molecular weight excluding hydrogens is 202 g/mol. The molecule has 0 unspecified atom stereocenters. The van der Waals surface area contributed by atoms with Gasteiger partial charge in [0.1, 0.15) is 11.9 Å². The van der Waals surface area contributed by atoms with Gasteiger partial charge < -0.3 is 10.0 Å². The number of hydrogen-bond donors (Lipinski definition) is 1. The van der Waals surface area contributed by atoms with Gasteiger partial charge in [-0.3, -0.25) is 0 Å². The van der Waals surface area contributed by atoms with E-state index < -0.39 is 11.5 Å². The average molecular weight is 215 g/mol. The number of likely N-dealkylation sites (N-methyl/N-ethyl adjacent to an activating group) is 1. The van der Waals surface area contributed by atoms with Crippen molar-refractivity contribution in [1.82, 2.24) is 9.36 Å². The molecule has 0 amide bonds. The van der Waals surface area contributed by atoms with Crippen LogP contribution in [0, 0.1) is 0 Å². The van der Waals surface area contributed by atoms with E-state index in [1.165, 1.54) is 17.9 Å². The second kappa shape index (κ2) is 3.91. The van der Waals surface area contributed by atoms with Gasteiger partial charge in [-0.05, 0) is 20.8 Å². The molecule has 0 fully saturated rings. The summed E-state index contributed by atoms with van der Waals surface area (Å²) in [4.78, 5) is 16.8. The zero-order valence-corrected chi connectivity index (χ0v) is 9.21. The maximum absolute atomic E-state index is 11.0. The lowest BCUT2D eigenvalue weighted by Crippen LogP contribution is -2.50. The monoisotopic (exact) mass is 215 g/mol. The fourth-order valence-corrected chi connectivity index (χ4v) is 1.91.